The van der Waals surface area contributed by atoms with E-state index >= 15 is 13.0 Å². The van der Waals surface area contributed by atoms with Gasteiger partial charge in [-0.15, -0.1) is 0 Å². The average molecular weight is 743 g/mol. The van der Waals surface area contributed by atoms with Gasteiger partial charge in [-0.2, -0.15) is 22.0 Å². The molecule has 4 aliphatic carbocycles. The van der Waals surface area contributed by atoms with Gasteiger partial charge < -0.3 is 9.47 Å². The molecule has 0 saturated heterocycles. The third-order valence-electron chi connectivity index (χ3n) is 10.0. The predicted octanol–water partition coefficient (Wildman–Crippen LogP) is 8.19. The summed E-state index contributed by atoms with van der Waals surface area (Å²) in [5, 5.41) is -6.07. The highest BCUT2D eigenvalue weighted by atomic mass is 33.2. The topological polar surface area (TPSA) is 127 Å². The van der Waals surface area contributed by atoms with E-state index in [1.807, 2.05) is 0 Å². The number of rotatable bonds is 10. The molecule has 0 amide bonds. The van der Waals surface area contributed by atoms with Gasteiger partial charge in [0.25, 0.3) is 6.10 Å². The molecule has 270 valence electrons. The number of hydrogen-bond donors (Lipinski definition) is 2. The molecule has 4 bridgehead atoms. The Morgan fingerprint density at radius 1 is 0.780 bits per heavy atom. The van der Waals surface area contributed by atoms with Crippen molar-refractivity contribution in [2.75, 3.05) is 0 Å². The molecular formula is C35H35F5O8S2. The molecule has 2 N–H and O–H groups in total. The van der Waals surface area contributed by atoms with Crippen LogP contribution in [0.1, 0.15) is 45.4 Å². The highest BCUT2D eigenvalue weighted by Gasteiger charge is 2.78. The minimum absolute atomic E-state index is 0.0670. The van der Waals surface area contributed by atoms with Crippen molar-refractivity contribution in [2.24, 2.45) is 17.3 Å². The van der Waals surface area contributed by atoms with Crippen molar-refractivity contribution in [1.29, 1.82) is 0 Å². The van der Waals surface area contributed by atoms with Crippen molar-refractivity contribution >= 4 is 35.4 Å². The highest BCUT2D eigenvalue weighted by molar-refractivity contribution is 8.97. The number of ketones is 1. The molecule has 8 nitrogen and oxygen atoms in total. The van der Waals surface area contributed by atoms with E-state index in [0.29, 0.717) is 6.42 Å². The summed E-state index contributed by atoms with van der Waals surface area (Å²) in [6, 6.07) is 19.3. The number of carbonyl (C=O) groups excluding carboxylic acids is 3. The maximum Gasteiger partial charge on any atom is 0.432 e. The van der Waals surface area contributed by atoms with Crippen LogP contribution in [0.3, 0.4) is 0 Å². The van der Waals surface area contributed by atoms with E-state index in [4.69, 9.17) is 9.47 Å². The van der Waals surface area contributed by atoms with Gasteiger partial charge in [-0.25, -0.2) is 9.00 Å². The summed E-state index contributed by atoms with van der Waals surface area (Å²) < 4.78 is 128. The zero-order chi connectivity index (χ0) is 36.4. The van der Waals surface area contributed by atoms with Crippen molar-refractivity contribution in [2.45, 2.75) is 83.3 Å². The summed E-state index contributed by atoms with van der Waals surface area (Å²) in [4.78, 5) is 36.9. The molecule has 4 fully saturated rings. The van der Waals surface area contributed by atoms with Crippen LogP contribution in [0.25, 0.3) is 0 Å². The molecule has 3 unspecified atom stereocenters. The van der Waals surface area contributed by atoms with Crippen LogP contribution in [-0.4, -0.2) is 54.2 Å². The first kappa shape index (κ1) is 36.1. The Kier molecular flexibility index (Phi) is 8.64. The van der Waals surface area contributed by atoms with Gasteiger partial charge in [0.2, 0.25) is 5.78 Å². The van der Waals surface area contributed by atoms with Gasteiger partial charge in [-0.3, -0.25) is 18.7 Å². The quantitative estimate of drug-likeness (QED) is 0.0922. The van der Waals surface area contributed by atoms with Crippen LogP contribution in [0, 0.1) is 17.3 Å². The van der Waals surface area contributed by atoms with Gasteiger partial charge in [0, 0.05) is 28.0 Å². The molecule has 3 atom stereocenters. The molecule has 50 heavy (non-hydrogen) atoms. The molecule has 7 rings (SSSR count). The molecule has 0 heterocycles. The standard InChI is InChI=1S/C35H35F5O8S2/c1-23(41)29(42)48-33-20-24-17-25(21-33)19-32(18-24,22-33)31(43)47-30(34(36,37)38)35(39,40)50(44,45,46)49(26-11-5-2-6-12-26,27-13-7-3-8-14-27)28-15-9-4-10-16-28/h2-16,24-25,30H,17-22H2,1H3,(H2,44,45,46). The van der Waals surface area contributed by atoms with Gasteiger partial charge in [0.1, 0.15) is 5.60 Å². The van der Waals surface area contributed by atoms with E-state index in [1.165, 1.54) is 54.6 Å². The van der Waals surface area contributed by atoms with Crippen LogP contribution in [0.2, 0.25) is 0 Å². The van der Waals surface area contributed by atoms with Crippen LogP contribution in [0.4, 0.5) is 22.0 Å². The maximum absolute atomic E-state index is 17.1. The lowest BCUT2D eigenvalue weighted by molar-refractivity contribution is -0.270. The van der Waals surface area contributed by atoms with Crippen LogP contribution >= 0.6 is 9.06 Å². The van der Waals surface area contributed by atoms with E-state index in [-0.39, 0.29) is 58.6 Å². The summed E-state index contributed by atoms with van der Waals surface area (Å²) in [5.41, 5.74) is -3.23. The molecule has 4 saturated carbocycles. The fraction of sp³-hybridized carbons (Fsp3) is 0.400. The number of ether oxygens (including phenoxy) is 2. The number of benzene rings is 3. The molecule has 0 radical (unpaired) electrons. The first-order valence-electron chi connectivity index (χ1n) is 15.8. The van der Waals surface area contributed by atoms with Gasteiger partial charge in [-0.1, -0.05) is 63.7 Å². The Labute approximate surface area is 285 Å². The fourth-order valence-electron chi connectivity index (χ4n) is 8.48. The molecule has 15 heteroatoms. The molecule has 0 aromatic heterocycles. The summed E-state index contributed by atoms with van der Waals surface area (Å²) >= 11 is 0. The van der Waals surface area contributed by atoms with Crippen molar-refractivity contribution in [3.63, 3.8) is 0 Å². The minimum Gasteiger partial charge on any atom is -0.453 e. The lowest BCUT2D eigenvalue weighted by Gasteiger charge is -2.60. The van der Waals surface area contributed by atoms with Crippen LogP contribution in [0.5, 0.6) is 0 Å². The average Bonchev–Trinajstić information content (AvgIpc) is 3.03. The molecule has 4 aliphatic rings. The van der Waals surface area contributed by atoms with Gasteiger partial charge in [0.15, 0.2) is 8.66 Å². The molecular weight excluding hydrogens is 708 g/mol. The molecule has 0 spiro atoms. The summed E-state index contributed by atoms with van der Waals surface area (Å²) in [7, 11) is -12.7. The lowest BCUT2D eigenvalue weighted by Crippen LogP contribution is -2.65. The smallest absolute Gasteiger partial charge is 0.432 e. The second-order valence-electron chi connectivity index (χ2n) is 13.6. The van der Waals surface area contributed by atoms with Crippen LogP contribution < -0.4 is 0 Å². The minimum atomic E-state index is -8.08. The zero-order valence-corrected chi connectivity index (χ0v) is 28.3. The predicted molar refractivity (Wildman–Crippen MR) is 173 cm³/mol. The molecule has 0 aliphatic heterocycles. The number of carbonyl (C=O) groups is 3. The Bertz CT molecular complexity index is 1750. The third kappa shape index (κ3) is 5.47. The van der Waals surface area contributed by atoms with Crippen LogP contribution in [0.15, 0.2) is 106 Å². The van der Waals surface area contributed by atoms with E-state index in [0.717, 1.165) is 43.3 Å². The first-order chi connectivity index (χ1) is 23.3. The summed E-state index contributed by atoms with van der Waals surface area (Å²) in [6.45, 7) is 0.975. The number of alkyl halides is 5. The van der Waals surface area contributed by atoms with Crippen LogP contribution in [-0.2, 0) is 32.5 Å². The third-order valence-corrected chi connectivity index (χ3v) is 20.0. The van der Waals surface area contributed by atoms with Gasteiger partial charge in [-0.05, 0) is 80.3 Å². The summed E-state index contributed by atoms with van der Waals surface area (Å²) in [5.74, 6) is -4.55. The lowest BCUT2D eigenvalue weighted by atomic mass is 9.48. The monoisotopic (exact) mass is 742 g/mol. The zero-order valence-electron chi connectivity index (χ0n) is 26.7. The fourth-order valence-corrected chi connectivity index (χ4v) is 18.2. The second-order valence-corrected chi connectivity index (χ2v) is 21.5. The molecule has 3 aromatic carbocycles. The maximum atomic E-state index is 17.1. The van der Waals surface area contributed by atoms with E-state index in [1.54, 1.807) is 0 Å². The van der Waals surface area contributed by atoms with E-state index in [9.17, 15) is 36.7 Å². The van der Waals surface area contributed by atoms with Gasteiger partial charge >= 0.3 is 23.4 Å². The Morgan fingerprint density at radius 2 is 1.20 bits per heavy atom. The van der Waals surface area contributed by atoms with Crippen molar-refractivity contribution in [1.82, 2.24) is 0 Å². The SMILES string of the molecule is CC(=O)C(=O)OC12CC3CC(C1)CC(C(=O)OC(C(F)(F)F)C(F)(F)S(=O)(O)(O)S(c1ccccc1)(c1ccccc1)c1ccccc1)(C3)C2. The number of esters is 2. The normalized spacial score (nSPS) is 26.7. The van der Waals surface area contributed by atoms with E-state index < -0.39 is 64.0 Å². The number of hydrogen-bond acceptors (Lipinski definition) is 6. The highest BCUT2D eigenvalue weighted by Crippen LogP contribution is 2.83. The summed E-state index contributed by atoms with van der Waals surface area (Å²) in [6.07, 6.45) is -10.3. The van der Waals surface area contributed by atoms with Crippen molar-refractivity contribution in [3.8, 4) is 0 Å². The first-order valence-corrected chi connectivity index (χ1v) is 19.8. The molecule has 3 aromatic rings. The number of Topliss-reactive ketones (excluding diaryl/α,β-unsaturated/α-hetero) is 1. The Hall–Kier alpha value is -3.66. The second kappa shape index (κ2) is 12.0. The Balaban J connectivity index is 1.49. The van der Waals surface area contributed by atoms with E-state index in [2.05, 4.69) is 0 Å². The number of halogens is 5. The van der Waals surface area contributed by atoms with Gasteiger partial charge in [0.05, 0.1) is 5.41 Å². The largest absolute Gasteiger partial charge is 0.453 e. The van der Waals surface area contributed by atoms with Crippen molar-refractivity contribution < 1.29 is 59.1 Å². The van der Waals surface area contributed by atoms with Crippen molar-refractivity contribution in [3.05, 3.63) is 91.0 Å². The Morgan fingerprint density at radius 3 is 1.58 bits per heavy atom.